The molecule has 4 rings (SSSR count). The Bertz CT molecular complexity index is 1410. The first-order valence-electron chi connectivity index (χ1n) is 10.5. The average Bonchev–Trinajstić information content (AvgIpc) is 2.86. The normalized spacial score (nSPS) is 11.0. The zero-order valence-electron chi connectivity index (χ0n) is 18.4. The van der Waals surface area contributed by atoms with E-state index in [2.05, 4.69) is 5.32 Å². The molecule has 0 saturated heterocycles. The summed E-state index contributed by atoms with van der Waals surface area (Å²) >= 11 is 6.09. The SMILES string of the molecule is COc1ccc(NC(=O)/C(C#N)=C/c2c(OCc3cccc(Cl)c3)ccc3ccccc23)cc1. The smallest absolute Gasteiger partial charge is 0.266 e. The van der Waals surface area contributed by atoms with Crippen molar-refractivity contribution in [2.75, 3.05) is 12.4 Å². The van der Waals surface area contributed by atoms with Crippen LogP contribution in [0, 0.1) is 11.3 Å². The largest absolute Gasteiger partial charge is 0.497 e. The van der Waals surface area contributed by atoms with E-state index < -0.39 is 5.91 Å². The minimum atomic E-state index is -0.513. The first-order valence-corrected chi connectivity index (χ1v) is 10.9. The van der Waals surface area contributed by atoms with E-state index in [0.717, 1.165) is 16.3 Å². The molecule has 0 aromatic heterocycles. The molecule has 0 atom stereocenters. The van der Waals surface area contributed by atoms with E-state index >= 15 is 0 Å². The van der Waals surface area contributed by atoms with E-state index in [1.54, 1.807) is 43.5 Å². The maximum Gasteiger partial charge on any atom is 0.266 e. The number of hydrogen-bond donors (Lipinski definition) is 1. The Hall–Kier alpha value is -4.27. The van der Waals surface area contributed by atoms with Crippen molar-refractivity contribution in [3.05, 3.63) is 107 Å². The zero-order chi connectivity index (χ0) is 23.9. The molecule has 0 saturated carbocycles. The first kappa shape index (κ1) is 22.9. The van der Waals surface area contributed by atoms with Gasteiger partial charge in [0.1, 0.15) is 29.7 Å². The Morgan fingerprint density at radius 1 is 1.03 bits per heavy atom. The maximum atomic E-state index is 12.9. The van der Waals surface area contributed by atoms with Crippen molar-refractivity contribution in [3.63, 3.8) is 0 Å². The lowest BCUT2D eigenvalue weighted by atomic mass is 10.0. The van der Waals surface area contributed by atoms with Gasteiger partial charge in [0, 0.05) is 16.3 Å². The van der Waals surface area contributed by atoms with Gasteiger partial charge in [0.2, 0.25) is 0 Å². The number of methoxy groups -OCH3 is 1. The third-order valence-corrected chi connectivity index (χ3v) is 5.45. The Morgan fingerprint density at radius 2 is 1.82 bits per heavy atom. The van der Waals surface area contributed by atoms with Gasteiger partial charge >= 0.3 is 0 Å². The van der Waals surface area contributed by atoms with Gasteiger partial charge in [-0.05, 0) is 64.9 Å². The summed E-state index contributed by atoms with van der Waals surface area (Å²) in [6.45, 7) is 0.291. The van der Waals surface area contributed by atoms with Crippen molar-refractivity contribution >= 4 is 40.0 Å². The first-order chi connectivity index (χ1) is 16.6. The van der Waals surface area contributed by atoms with Crippen LogP contribution in [0.5, 0.6) is 11.5 Å². The Morgan fingerprint density at radius 3 is 2.56 bits per heavy atom. The van der Waals surface area contributed by atoms with Crippen LogP contribution in [-0.4, -0.2) is 13.0 Å². The average molecular weight is 469 g/mol. The molecule has 34 heavy (non-hydrogen) atoms. The number of anilines is 1. The van der Waals surface area contributed by atoms with E-state index in [1.807, 2.05) is 60.7 Å². The number of nitriles is 1. The number of carbonyl (C=O) groups is 1. The van der Waals surface area contributed by atoms with E-state index in [9.17, 15) is 10.1 Å². The number of rotatable bonds is 7. The third kappa shape index (κ3) is 5.37. The molecule has 168 valence electrons. The molecule has 0 radical (unpaired) electrons. The van der Waals surface area contributed by atoms with Crippen LogP contribution in [0.4, 0.5) is 5.69 Å². The highest BCUT2D eigenvalue weighted by Gasteiger charge is 2.14. The minimum Gasteiger partial charge on any atom is -0.497 e. The van der Waals surface area contributed by atoms with Gasteiger partial charge < -0.3 is 14.8 Å². The van der Waals surface area contributed by atoms with Gasteiger partial charge in [0.15, 0.2) is 0 Å². The molecule has 6 heteroatoms. The molecule has 0 unspecified atom stereocenters. The summed E-state index contributed by atoms with van der Waals surface area (Å²) in [5.41, 5.74) is 2.08. The summed E-state index contributed by atoms with van der Waals surface area (Å²) in [4.78, 5) is 12.9. The molecule has 0 aliphatic rings. The molecule has 0 spiro atoms. The number of nitrogens with zero attached hydrogens (tertiary/aromatic N) is 1. The fourth-order valence-corrected chi connectivity index (χ4v) is 3.72. The Balaban J connectivity index is 1.67. The third-order valence-electron chi connectivity index (χ3n) is 5.22. The van der Waals surface area contributed by atoms with E-state index in [4.69, 9.17) is 21.1 Å². The van der Waals surface area contributed by atoms with Crippen molar-refractivity contribution in [2.45, 2.75) is 6.61 Å². The second-order valence-corrected chi connectivity index (χ2v) is 7.91. The summed E-state index contributed by atoms with van der Waals surface area (Å²) in [5.74, 6) is 0.719. The maximum absolute atomic E-state index is 12.9. The highest BCUT2D eigenvalue weighted by molar-refractivity contribution is 6.30. The number of nitrogens with one attached hydrogen (secondary N) is 1. The molecule has 0 fully saturated rings. The topological polar surface area (TPSA) is 71.3 Å². The van der Waals surface area contributed by atoms with E-state index in [1.165, 1.54) is 0 Å². The molecule has 1 N–H and O–H groups in total. The molecular weight excluding hydrogens is 448 g/mol. The minimum absolute atomic E-state index is 0.0419. The highest BCUT2D eigenvalue weighted by Crippen LogP contribution is 2.31. The summed E-state index contributed by atoms with van der Waals surface area (Å²) in [6, 6.07) is 27.9. The number of benzene rings is 4. The number of fused-ring (bicyclic) bond motifs is 1. The van der Waals surface area contributed by atoms with Crippen LogP contribution >= 0.6 is 11.6 Å². The van der Waals surface area contributed by atoms with Crippen LogP contribution in [0.1, 0.15) is 11.1 Å². The summed E-state index contributed by atoms with van der Waals surface area (Å²) in [6.07, 6.45) is 1.56. The van der Waals surface area contributed by atoms with Gasteiger partial charge in [-0.1, -0.05) is 54.1 Å². The summed E-state index contributed by atoms with van der Waals surface area (Å²) < 4.78 is 11.2. The molecule has 0 bridgehead atoms. The van der Waals surface area contributed by atoms with Crippen LogP contribution in [0.25, 0.3) is 16.8 Å². The summed E-state index contributed by atoms with van der Waals surface area (Å²) in [7, 11) is 1.57. The van der Waals surface area contributed by atoms with Crippen LogP contribution in [0.3, 0.4) is 0 Å². The molecule has 0 aliphatic heterocycles. The molecule has 5 nitrogen and oxygen atoms in total. The van der Waals surface area contributed by atoms with Gasteiger partial charge in [-0.15, -0.1) is 0 Å². The van der Waals surface area contributed by atoms with Crippen LogP contribution in [0.2, 0.25) is 5.02 Å². The number of amides is 1. The predicted molar refractivity (Wildman–Crippen MR) is 135 cm³/mol. The predicted octanol–water partition coefficient (Wildman–Crippen LogP) is 6.63. The van der Waals surface area contributed by atoms with Gasteiger partial charge in [-0.25, -0.2) is 0 Å². The van der Waals surface area contributed by atoms with Gasteiger partial charge in [0.25, 0.3) is 5.91 Å². The van der Waals surface area contributed by atoms with E-state index in [0.29, 0.717) is 34.4 Å². The van der Waals surface area contributed by atoms with Gasteiger partial charge in [-0.3, -0.25) is 4.79 Å². The van der Waals surface area contributed by atoms with Crippen LogP contribution in [0.15, 0.2) is 90.5 Å². The van der Waals surface area contributed by atoms with Gasteiger partial charge in [-0.2, -0.15) is 5.26 Å². The van der Waals surface area contributed by atoms with Crippen molar-refractivity contribution in [1.82, 2.24) is 0 Å². The van der Waals surface area contributed by atoms with Crippen molar-refractivity contribution < 1.29 is 14.3 Å². The molecule has 4 aromatic carbocycles. The quantitative estimate of drug-likeness (QED) is 0.244. The monoisotopic (exact) mass is 468 g/mol. The van der Waals surface area contributed by atoms with Crippen LogP contribution in [-0.2, 0) is 11.4 Å². The highest BCUT2D eigenvalue weighted by atomic mass is 35.5. The Labute approximate surface area is 202 Å². The second-order valence-electron chi connectivity index (χ2n) is 7.47. The Kier molecular flexibility index (Phi) is 7.12. The lowest BCUT2D eigenvalue weighted by Gasteiger charge is -2.13. The van der Waals surface area contributed by atoms with Crippen molar-refractivity contribution in [1.29, 1.82) is 5.26 Å². The van der Waals surface area contributed by atoms with Crippen molar-refractivity contribution in [2.24, 2.45) is 0 Å². The van der Waals surface area contributed by atoms with Crippen molar-refractivity contribution in [3.8, 4) is 17.6 Å². The lowest BCUT2D eigenvalue weighted by molar-refractivity contribution is -0.112. The number of carbonyl (C=O) groups excluding carboxylic acids is 1. The fraction of sp³-hybridized carbons (Fsp3) is 0.0714. The van der Waals surface area contributed by atoms with Gasteiger partial charge in [0.05, 0.1) is 7.11 Å². The summed E-state index contributed by atoms with van der Waals surface area (Å²) in [5, 5.41) is 15.0. The standard InChI is InChI=1S/C28H21ClN2O3/c1-33-24-12-10-23(11-13-24)31-28(32)21(17-30)16-26-25-8-3-2-6-20(25)9-14-27(26)34-18-19-5-4-7-22(29)15-19/h2-16H,18H2,1H3,(H,31,32)/b21-16+. The number of ether oxygens (including phenoxy) is 2. The lowest BCUT2D eigenvalue weighted by Crippen LogP contribution is -2.13. The number of halogens is 1. The molecule has 4 aromatic rings. The zero-order valence-corrected chi connectivity index (χ0v) is 19.2. The van der Waals surface area contributed by atoms with Crippen LogP contribution < -0.4 is 14.8 Å². The number of hydrogen-bond acceptors (Lipinski definition) is 4. The molecular formula is C28H21ClN2O3. The fourth-order valence-electron chi connectivity index (χ4n) is 3.50. The van der Waals surface area contributed by atoms with E-state index in [-0.39, 0.29) is 5.57 Å². The second kappa shape index (κ2) is 10.6. The molecule has 0 aliphatic carbocycles. The molecule has 1 amide bonds. The molecule has 0 heterocycles.